The zero-order valence-corrected chi connectivity index (χ0v) is 31.1. The van der Waals surface area contributed by atoms with E-state index < -0.39 is 88.0 Å². The van der Waals surface area contributed by atoms with Crippen LogP contribution >= 0.6 is 0 Å². The second-order valence-electron chi connectivity index (χ2n) is 10.2. The number of hydrogen-bond donors (Lipinski definition) is 0. The van der Waals surface area contributed by atoms with Gasteiger partial charge in [-0.05, 0) is 0 Å². The highest BCUT2D eigenvalue weighted by Gasteiger charge is 2.78. The summed E-state index contributed by atoms with van der Waals surface area (Å²) in [6.07, 6.45) is 0. The Morgan fingerprint density at radius 2 is 0.229 bits per heavy atom. The van der Waals surface area contributed by atoms with E-state index in [1.54, 1.807) is 65.5 Å². The van der Waals surface area contributed by atoms with Crippen molar-refractivity contribution in [2.24, 2.45) is 0 Å². The fourth-order valence-corrected chi connectivity index (χ4v) is 62.3. The molecule has 7 fully saturated rings. The molecule has 7 aliphatic heterocycles. The van der Waals surface area contributed by atoms with Gasteiger partial charge in [0.15, 0.2) is 0 Å². The Kier molecular flexibility index (Phi) is 5.55. The van der Waals surface area contributed by atoms with E-state index >= 15 is 0 Å². The van der Waals surface area contributed by atoms with Gasteiger partial charge < -0.3 is 61.7 Å². The highest BCUT2D eigenvalue weighted by Crippen LogP contribution is 2.48. The second kappa shape index (κ2) is 7.25. The molecule has 10 bridgehead atoms. The summed E-state index contributed by atoms with van der Waals surface area (Å²) in [5.74, 6) is 0. The van der Waals surface area contributed by atoms with E-state index in [0.717, 1.165) is 0 Å². The highest BCUT2D eigenvalue weighted by molar-refractivity contribution is 7.02. The molecule has 200 valence electrons. The van der Waals surface area contributed by atoms with Gasteiger partial charge in [0, 0.05) is 65.5 Å². The van der Waals surface area contributed by atoms with Crippen LogP contribution in [0.4, 0.5) is 0 Å². The van der Waals surface area contributed by atoms with E-state index in [0.29, 0.717) is 0 Å². The van der Waals surface area contributed by atoms with Crippen molar-refractivity contribution in [1.82, 2.24) is 0 Å². The minimum Gasteiger partial charge on any atom is -0.374 e. The quantitative estimate of drug-likeness (QED) is 0.339. The van der Waals surface area contributed by atoms with Crippen LogP contribution in [0.1, 0.15) is 0 Å². The summed E-state index contributed by atoms with van der Waals surface area (Å²) in [6, 6.07) is 0. The molecule has 0 atom stereocenters. The highest BCUT2D eigenvalue weighted by atomic mass is 28.6. The van der Waals surface area contributed by atoms with E-state index in [4.69, 9.17) is 61.7 Å². The molecular formula is C10H30O15Si10. The van der Waals surface area contributed by atoms with Gasteiger partial charge in [-0.15, -0.1) is 0 Å². The van der Waals surface area contributed by atoms with E-state index in [-0.39, 0.29) is 0 Å². The fourth-order valence-electron chi connectivity index (χ4n) is 5.68. The van der Waals surface area contributed by atoms with Gasteiger partial charge in [0.05, 0.1) is 0 Å². The van der Waals surface area contributed by atoms with Crippen LogP contribution in [-0.2, 0) is 61.7 Å². The lowest BCUT2D eigenvalue weighted by atomic mass is 11.9. The molecule has 25 heteroatoms. The van der Waals surface area contributed by atoms with Gasteiger partial charge in [-0.2, -0.15) is 0 Å². The van der Waals surface area contributed by atoms with E-state index in [1.165, 1.54) is 0 Å². The molecule has 7 rings (SSSR count). The molecule has 0 unspecified atom stereocenters. The molecule has 0 amide bonds. The van der Waals surface area contributed by atoms with Crippen LogP contribution in [0.15, 0.2) is 0 Å². The first-order valence-corrected chi connectivity index (χ1v) is 33.4. The minimum absolute atomic E-state index is 1.73. The molecule has 0 aromatic heterocycles. The van der Waals surface area contributed by atoms with Crippen molar-refractivity contribution in [2.75, 3.05) is 0 Å². The topological polar surface area (TPSA) is 138 Å². The average Bonchev–Trinajstić information content (AvgIpc) is 2.39. The van der Waals surface area contributed by atoms with Crippen LogP contribution in [0.3, 0.4) is 0 Å². The Morgan fingerprint density at radius 3 is 0.286 bits per heavy atom. The van der Waals surface area contributed by atoms with Crippen LogP contribution in [-0.4, -0.2) is 88.0 Å². The Labute approximate surface area is 214 Å². The van der Waals surface area contributed by atoms with Crippen molar-refractivity contribution in [3.8, 4) is 0 Å². The number of rotatable bonds is 0. The molecule has 0 aromatic rings. The van der Waals surface area contributed by atoms with Crippen LogP contribution in [0, 0.1) is 0 Å². The fraction of sp³-hybridized carbons (Fsp3) is 1.00. The summed E-state index contributed by atoms with van der Waals surface area (Å²) < 4.78 is 98.4. The van der Waals surface area contributed by atoms with Gasteiger partial charge in [-0.1, -0.05) is 0 Å². The van der Waals surface area contributed by atoms with Crippen molar-refractivity contribution in [2.45, 2.75) is 65.5 Å². The van der Waals surface area contributed by atoms with Gasteiger partial charge in [-0.25, -0.2) is 0 Å². The second-order valence-corrected chi connectivity index (χ2v) is 39.6. The molecule has 7 heterocycles. The van der Waals surface area contributed by atoms with Crippen molar-refractivity contribution >= 4 is 88.0 Å². The Bertz CT molecular complexity index is 828. The van der Waals surface area contributed by atoms with Crippen LogP contribution < -0.4 is 0 Å². The maximum absolute atomic E-state index is 6.61. The van der Waals surface area contributed by atoms with Crippen molar-refractivity contribution in [3.63, 3.8) is 0 Å². The maximum Gasteiger partial charge on any atom is 0.475 e. The van der Waals surface area contributed by atoms with Crippen LogP contribution in [0.25, 0.3) is 0 Å². The van der Waals surface area contributed by atoms with E-state index in [1.807, 2.05) is 0 Å². The zero-order chi connectivity index (χ0) is 25.6. The molecule has 0 saturated carbocycles. The third kappa shape index (κ3) is 4.78. The Hall–Kier alpha value is 1.57. The van der Waals surface area contributed by atoms with Crippen molar-refractivity contribution in [3.05, 3.63) is 0 Å². The third-order valence-electron chi connectivity index (χ3n) is 5.56. The predicted octanol–water partition coefficient (Wildman–Crippen LogP) is 1.00. The van der Waals surface area contributed by atoms with Gasteiger partial charge in [0.2, 0.25) is 0 Å². The first kappa shape index (κ1) is 26.8. The van der Waals surface area contributed by atoms with Crippen LogP contribution in [0.2, 0.25) is 65.5 Å². The lowest BCUT2D eigenvalue weighted by Crippen LogP contribution is -2.86. The first-order valence-electron chi connectivity index (χ1n) is 11.1. The summed E-state index contributed by atoms with van der Waals surface area (Å²) in [4.78, 5) is 0. The lowest BCUT2D eigenvalue weighted by molar-refractivity contribution is -0.0160. The standard InChI is InChI=1S/C10H30O15Si10/c1-26-11-29(4)12-27(2)16-30(5,14-26)20-33(8)23-34(9)21-31(6,15-26)17-28(3,13-29)19-32(7,18-27)22-35(10,24-33)25-34/h1-10H3. The van der Waals surface area contributed by atoms with Gasteiger partial charge in [0.25, 0.3) is 0 Å². The largest absolute Gasteiger partial charge is 0.475 e. The van der Waals surface area contributed by atoms with E-state index in [9.17, 15) is 0 Å². The van der Waals surface area contributed by atoms with E-state index in [2.05, 4.69) is 0 Å². The molecular weight excluding hydrogens is 641 g/mol. The normalized spacial score (nSPS) is 66.0. The average molecular weight is 671 g/mol. The minimum atomic E-state index is -3.70. The summed E-state index contributed by atoms with van der Waals surface area (Å²) in [5, 5.41) is 0. The van der Waals surface area contributed by atoms with Crippen molar-refractivity contribution < 1.29 is 61.7 Å². The third-order valence-corrected chi connectivity index (χ3v) is 50.1. The van der Waals surface area contributed by atoms with Gasteiger partial charge in [-0.3, -0.25) is 0 Å². The summed E-state index contributed by atoms with van der Waals surface area (Å²) in [5.41, 5.74) is 0. The molecule has 15 nitrogen and oxygen atoms in total. The monoisotopic (exact) mass is 670 g/mol. The smallest absolute Gasteiger partial charge is 0.374 e. The van der Waals surface area contributed by atoms with Crippen molar-refractivity contribution in [1.29, 1.82) is 0 Å². The molecule has 0 radical (unpaired) electrons. The SMILES string of the molecule is C[Si]12O[Si]3(C)O[Si](C)(O1)O[Si]1(C)O[Si]4(C)O[Si]5(C)O[Si](C)(O[Si](C)(O2)O4)O[Si](C)(O3)O[Si](C)(O5)O1. The molecule has 7 aliphatic rings. The summed E-state index contributed by atoms with van der Waals surface area (Å²) >= 11 is 0. The number of hydrogen-bond acceptors (Lipinski definition) is 15. The zero-order valence-electron chi connectivity index (χ0n) is 21.1. The van der Waals surface area contributed by atoms with Gasteiger partial charge in [0.1, 0.15) is 0 Å². The first-order chi connectivity index (χ1) is 15.6. The predicted molar refractivity (Wildman–Crippen MR) is 132 cm³/mol. The summed E-state index contributed by atoms with van der Waals surface area (Å²) in [7, 11) is -36.3. The maximum atomic E-state index is 6.61. The lowest BCUT2D eigenvalue weighted by Gasteiger charge is -2.60. The molecule has 7 saturated heterocycles. The molecule has 0 spiro atoms. The molecule has 0 aromatic carbocycles. The summed E-state index contributed by atoms with van der Waals surface area (Å²) in [6.45, 7) is 17.4. The Balaban J connectivity index is 1.68. The van der Waals surface area contributed by atoms with Crippen LogP contribution in [0.5, 0.6) is 0 Å². The molecule has 0 N–H and O–H groups in total. The molecule has 0 aliphatic carbocycles. The van der Waals surface area contributed by atoms with Gasteiger partial charge >= 0.3 is 88.0 Å². The Morgan fingerprint density at radius 1 is 0.171 bits per heavy atom. The molecule has 35 heavy (non-hydrogen) atoms.